The predicted molar refractivity (Wildman–Crippen MR) is 62.5 cm³/mol. The number of hydrogen-bond acceptors (Lipinski definition) is 2. The topological polar surface area (TPSA) is 49.3 Å². The summed E-state index contributed by atoms with van der Waals surface area (Å²) in [5, 5.41) is 12.4. The Balaban J connectivity index is 3.81. The Hall–Kier alpha value is -0.570. The maximum Gasteiger partial charge on any atom is 0.220 e. The molecule has 90 valence electrons. The molecule has 0 aliphatic carbocycles. The van der Waals surface area contributed by atoms with Crippen LogP contribution >= 0.6 is 0 Å². The van der Waals surface area contributed by atoms with E-state index in [-0.39, 0.29) is 17.2 Å². The lowest BCUT2D eigenvalue weighted by molar-refractivity contribution is -0.123. The van der Waals surface area contributed by atoms with Gasteiger partial charge in [0.15, 0.2) is 0 Å². The number of rotatable bonds is 5. The number of hydrogen-bond donors (Lipinski definition) is 2. The lowest BCUT2D eigenvalue weighted by Crippen LogP contribution is -2.36. The Kier molecular flexibility index (Phi) is 5.88. The van der Waals surface area contributed by atoms with Gasteiger partial charge in [-0.1, -0.05) is 41.0 Å². The quantitative estimate of drug-likeness (QED) is 0.736. The Morgan fingerprint density at radius 3 is 2.33 bits per heavy atom. The van der Waals surface area contributed by atoms with Crippen molar-refractivity contribution in [1.82, 2.24) is 5.32 Å². The molecule has 3 heteroatoms. The van der Waals surface area contributed by atoms with Crippen molar-refractivity contribution < 1.29 is 9.90 Å². The summed E-state index contributed by atoms with van der Waals surface area (Å²) in [6, 6.07) is 0. The second-order valence-corrected chi connectivity index (χ2v) is 5.49. The maximum atomic E-state index is 11.5. The molecule has 0 radical (unpaired) electrons. The highest BCUT2D eigenvalue weighted by atomic mass is 16.3. The standard InChI is InChI=1S/C12H25NO2/c1-6-9(2)10(14)8-13-11(15)7-12(3,4)5/h9-10,14H,6-8H2,1-5H3,(H,13,15). The molecular weight excluding hydrogens is 190 g/mol. The van der Waals surface area contributed by atoms with Crippen molar-refractivity contribution in [3.8, 4) is 0 Å². The van der Waals surface area contributed by atoms with E-state index in [4.69, 9.17) is 0 Å². The normalized spacial score (nSPS) is 15.9. The first-order chi connectivity index (χ1) is 6.76. The molecule has 0 spiro atoms. The molecule has 3 nitrogen and oxygen atoms in total. The second kappa shape index (κ2) is 6.11. The molecular formula is C12H25NO2. The van der Waals surface area contributed by atoms with Gasteiger partial charge in [0.2, 0.25) is 5.91 Å². The van der Waals surface area contributed by atoms with Crippen LogP contribution in [0, 0.1) is 11.3 Å². The monoisotopic (exact) mass is 215 g/mol. The highest BCUT2D eigenvalue weighted by Crippen LogP contribution is 2.17. The van der Waals surface area contributed by atoms with Crippen molar-refractivity contribution in [2.45, 2.75) is 53.6 Å². The predicted octanol–water partition coefficient (Wildman–Crippen LogP) is 1.95. The Morgan fingerprint density at radius 2 is 1.93 bits per heavy atom. The van der Waals surface area contributed by atoms with Gasteiger partial charge in [0.05, 0.1) is 6.10 Å². The molecule has 0 aromatic carbocycles. The number of aliphatic hydroxyl groups is 1. The molecule has 0 aromatic rings. The minimum absolute atomic E-state index is 0.00537. The van der Waals surface area contributed by atoms with Crippen LogP contribution in [0.4, 0.5) is 0 Å². The Labute approximate surface area is 93.3 Å². The van der Waals surface area contributed by atoms with E-state index in [9.17, 15) is 9.90 Å². The molecule has 1 amide bonds. The third kappa shape index (κ3) is 7.37. The van der Waals surface area contributed by atoms with Gasteiger partial charge in [-0.3, -0.25) is 4.79 Å². The first kappa shape index (κ1) is 14.4. The van der Waals surface area contributed by atoms with E-state index in [0.29, 0.717) is 13.0 Å². The summed E-state index contributed by atoms with van der Waals surface area (Å²) in [6.07, 6.45) is 0.996. The summed E-state index contributed by atoms with van der Waals surface area (Å²) in [4.78, 5) is 11.5. The highest BCUT2D eigenvalue weighted by molar-refractivity contribution is 5.76. The largest absolute Gasteiger partial charge is 0.391 e. The van der Waals surface area contributed by atoms with Crippen LogP contribution in [0.15, 0.2) is 0 Å². The number of carbonyl (C=O) groups is 1. The molecule has 2 N–H and O–H groups in total. The molecule has 0 saturated heterocycles. The lowest BCUT2D eigenvalue weighted by Gasteiger charge is -2.20. The zero-order chi connectivity index (χ0) is 12.1. The molecule has 0 aromatic heterocycles. The van der Waals surface area contributed by atoms with Crippen molar-refractivity contribution in [2.75, 3.05) is 6.54 Å². The van der Waals surface area contributed by atoms with Crippen LogP contribution in [-0.2, 0) is 4.79 Å². The fourth-order valence-electron chi connectivity index (χ4n) is 1.24. The van der Waals surface area contributed by atoms with Gasteiger partial charge in [-0.2, -0.15) is 0 Å². The molecule has 0 fully saturated rings. The van der Waals surface area contributed by atoms with Crippen LogP contribution in [0.3, 0.4) is 0 Å². The lowest BCUT2D eigenvalue weighted by atomic mass is 9.92. The molecule has 0 heterocycles. The third-order valence-electron chi connectivity index (χ3n) is 2.50. The van der Waals surface area contributed by atoms with Crippen LogP contribution < -0.4 is 5.32 Å². The van der Waals surface area contributed by atoms with E-state index in [2.05, 4.69) is 5.32 Å². The van der Waals surface area contributed by atoms with Gasteiger partial charge < -0.3 is 10.4 Å². The van der Waals surface area contributed by atoms with Crippen molar-refractivity contribution in [3.05, 3.63) is 0 Å². The maximum absolute atomic E-state index is 11.5. The first-order valence-electron chi connectivity index (χ1n) is 5.71. The van der Waals surface area contributed by atoms with Gasteiger partial charge in [-0.15, -0.1) is 0 Å². The van der Waals surface area contributed by atoms with Crippen molar-refractivity contribution >= 4 is 5.91 Å². The molecule has 15 heavy (non-hydrogen) atoms. The van der Waals surface area contributed by atoms with Gasteiger partial charge in [0.1, 0.15) is 0 Å². The molecule has 0 bridgehead atoms. The average molecular weight is 215 g/mol. The SMILES string of the molecule is CCC(C)C(O)CNC(=O)CC(C)(C)C. The van der Waals surface area contributed by atoms with E-state index in [1.165, 1.54) is 0 Å². The van der Waals surface area contributed by atoms with Crippen molar-refractivity contribution in [1.29, 1.82) is 0 Å². The second-order valence-electron chi connectivity index (χ2n) is 5.49. The molecule has 2 unspecified atom stereocenters. The number of aliphatic hydroxyl groups excluding tert-OH is 1. The van der Waals surface area contributed by atoms with Crippen LogP contribution in [0.1, 0.15) is 47.5 Å². The zero-order valence-electron chi connectivity index (χ0n) is 10.6. The van der Waals surface area contributed by atoms with Gasteiger partial charge in [-0.05, 0) is 11.3 Å². The van der Waals surface area contributed by atoms with Crippen LogP contribution in [-0.4, -0.2) is 23.7 Å². The van der Waals surface area contributed by atoms with Crippen LogP contribution in [0.2, 0.25) is 0 Å². The van der Waals surface area contributed by atoms with E-state index < -0.39 is 6.10 Å². The van der Waals surface area contributed by atoms with E-state index >= 15 is 0 Å². The minimum Gasteiger partial charge on any atom is -0.391 e. The van der Waals surface area contributed by atoms with E-state index in [0.717, 1.165) is 6.42 Å². The van der Waals surface area contributed by atoms with Crippen molar-refractivity contribution in [2.24, 2.45) is 11.3 Å². The summed E-state index contributed by atoms with van der Waals surface area (Å²) in [5.74, 6) is 0.254. The molecule has 0 aliphatic rings. The Morgan fingerprint density at radius 1 is 1.40 bits per heavy atom. The number of amides is 1. The molecule has 2 atom stereocenters. The van der Waals surface area contributed by atoms with Gasteiger partial charge >= 0.3 is 0 Å². The zero-order valence-corrected chi connectivity index (χ0v) is 10.6. The highest BCUT2D eigenvalue weighted by Gasteiger charge is 2.17. The van der Waals surface area contributed by atoms with E-state index in [1.54, 1.807) is 0 Å². The fraction of sp³-hybridized carbons (Fsp3) is 0.917. The van der Waals surface area contributed by atoms with Gasteiger partial charge in [0.25, 0.3) is 0 Å². The Bertz CT molecular complexity index is 196. The molecule has 0 rings (SSSR count). The average Bonchev–Trinajstić information content (AvgIpc) is 2.10. The van der Waals surface area contributed by atoms with Gasteiger partial charge in [-0.25, -0.2) is 0 Å². The first-order valence-corrected chi connectivity index (χ1v) is 5.71. The molecule has 0 saturated carbocycles. The van der Waals surface area contributed by atoms with Crippen LogP contribution in [0.5, 0.6) is 0 Å². The van der Waals surface area contributed by atoms with Gasteiger partial charge in [0, 0.05) is 13.0 Å². The minimum atomic E-state index is -0.432. The summed E-state index contributed by atoms with van der Waals surface area (Å²) >= 11 is 0. The fourth-order valence-corrected chi connectivity index (χ4v) is 1.24. The number of carbonyl (C=O) groups excluding carboxylic acids is 1. The summed E-state index contributed by atoms with van der Waals surface area (Å²) in [5.41, 5.74) is 0.00537. The summed E-state index contributed by atoms with van der Waals surface area (Å²) in [6.45, 7) is 10.5. The van der Waals surface area contributed by atoms with Crippen LogP contribution in [0.25, 0.3) is 0 Å². The number of nitrogens with one attached hydrogen (secondary N) is 1. The van der Waals surface area contributed by atoms with E-state index in [1.807, 2.05) is 34.6 Å². The van der Waals surface area contributed by atoms with Crippen molar-refractivity contribution in [3.63, 3.8) is 0 Å². The summed E-state index contributed by atoms with van der Waals surface area (Å²) in [7, 11) is 0. The summed E-state index contributed by atoms with van der Waals surface area (Å²) < 4.78 is 0. The smallest absolute Gasteiger partial charge is 0.220 e. The molecule has 0 aliphatic heterocycles. The third-order valence-corrected chi connectivity index (χ3v) is 2.50.